The summed E-state index contributed by atoms with van der Waals surface area (Å²) in [5, 5.41) is 0. The molecule has 20 heavy (non-hydrogen) atoms. The molecule has 3 heteroatoms. The number of anilines is 1. The molecule has 1 aromatic carbocycles. The van der Waals surface area contributed by atoms with Crippen molar-refractivity contribution >= 4 is 5.82 Å². The maximum Gasteiger partial charge on any atom is 0.129 e. The van der Waals surface area contributed by atoms with Gasteiger partial charge in [0.15, 0.2) is 0 Å². The Kier molecular flexibility index (Phi) is 3.70. The third-order valence-corrected chi connectivity index (χ3v) is 3.97. The number of rotatable bonds is 2. The first-order valence-corrected chi connectivity index (χ1v) is 7.27. The summed E-state index contributed by atoms with van der Waals surface area (Å²) < 4.78 is 0. The number of benzene rings is 1. The second-order valence-corrected chi connectivity index (χ2v) is 5.53. The van der Waals surface area contributed by atoms with Crippen molar-refractivity contribution in [3.05, 3.63) is 59.3 Å². The van der Waals surface area contributed by atoms with E-state index in [0.29, 0.717) is 0 Å². The van der Waals surface area contributed by atoms with Crippen LogP contribution in [0.1, 0.15) is 36.1 Å². The molecule has 3 nitrogen and oxygen atoms in total. The molecule has 0 fully saturated rings. The molecule has 0 spiro atoms. The Bertz CT molecular complexity index is 592. The first-order valence-electron chi connectivity index (χ1n) is 7.27. The highest BCUT2D eigenvalue weighted by Gasteiger charge is 2.15. The second-order valence-electron chi connectivity index (χ2n) is 5.53. The van der Waals surface area contributed by atoms with Crippen LogP contribution in [-0.4, -0.2) is 11.5 Å². The molecule has 0 saturated carbocycles. The van der Waals surface area contributed by atoms with E-state index >= 15 is 0 Å². The number of hydrogen-bond acceptors (Lipinski definition) is 3. The zero-order chi connectivity index (χ0) is 13.9. The smallest absolute Gasteiger partial charge is 0.129 e. The van der Waals surface area contributed by atoms with Gasteiger partial charge in [0.1, 0.15) is 5.82 Å². The van der Waals surface area contributed by atoms with Gasteiger partial charge in [0.05, 0.1) is 0 Å². The Balaban J connectivity index is 1.89. The van der Waals surface area contributed by atoms with Crippen LogP contribution in [0.2, 0.25) is 0 Å². The molecule has 0 bridgehead atoms. The van der Waals surface area contributed by atoms with Gasteiger partial charge in [-0.3, -0.25) is 0 Å². The molecule has 0 amide bonds. The first-order chi connectivity index (χ1) is 9.74. The molecule has 104 valence electrons. The van der Waals surface area contributed by atoms with Crippen LogP contribution in [0.5, 0.6) is 0 Å². The average Bonchev–Trinajstić information content (AvgIpc) is 2.69. The monoisotopic (exact) mass is 267 g/mol. The number of aromatic nitrogens is 1. The summed E-state index contributed by atoms with van der Waals surface area (Å²) in [5.74, 6) is 1.04. The minimum atomic E-state index is 0.0519. The standard InChI is InChI=1S/C17H21N3/c1-13(18)15-8-9-19-17(11-15)20-10-4-7-14-5-2-3-6-16(14)12-20/h2-3,5-6,8-9,11,13H,4,7,10,12,18H2,1H3/t13-/m0/s1. The summed E-state index contributed by atoms with van der Waals surface area (Å²) in [6, 6.07) is 12.9. The molecule has 0 aliphatic carbocycles. The Morgan fingerprint density at radius 2 is 2.00 bits per heavy atom. The quantitative estimate of drug-likeness (QED) is 0.909. The molecule has 0 saturated heterocycles. The van der Waals surface area contributed by atoms with Gasteiger partial charge in [-0.2, -0.15) is 0 Å². The highest BCUT2D eigenvalue weighted by Crippen LogP contribution is 2.24. The summed E-state index contributed by atoms with van der Waals surface area (Å²) in [7, 11) is 0. The highest BCUT2D eigenvalue weighted by molar-refractivity contribution is 5.44. The van der Waals surface area contributed by atoms with Crippen molar-refractivity contribution in [1.29, 1.82) is 0 Å². The van der Waals surface area contributed by atoms with Crippen molar-refractivity contribution in [1.82, 2.24) is 4.98 Å². The van der Waals surface area contributed by atoms with Crippen LogP contribution >= 0.6 is 0 Å². The van der Waals surface area contributed by atoms with Crippen LogP contribution in [-0.2, 0) is 13.0 Å². The largest absolute Gasteiger partial charge is 0.352 e. The Hall–Kier alpha value is -1.87. The fraction of sp³-hybridized carbons (Fsp3) is 0.353. The van der Waals surface area contributed by atoms with Crippen molar-refractivity contribution in [2.75, 3.05) is 11.4 Å². The summed E-state index contributed by atoms with van der Waals surface area (Å²) in [4.78, 5) is 6.89. The van der Waals surface area contributed by atoms with Gasteiger partial charge in [0.25, 0.3) is 0 Å². The number of aryl methyl sites for hydroxylation is 1. The Labute approximate surface area is 120 Å². The van der Waals surface area contributed by atoms with Crippen LogP contribution < -0.4 is 10.6 Å². The molecule has 2 heterocycles. The maximum absolute atomic E-state index is 5.97. The third kappa shape index (κ3) is 2.68. The van der Waals surface area contributed by atoms with Crippen LogP contribution in [0.4, 0.5) is 5.82 Å². The van der Waals surface area contributed by atoms with Gasteiger partial charge in [-0.15, -0.1) is 0 Å². The number of nitrogens with zero attached hydrogens (tertiary/aromatic N) is 2. The summed E-state index contributed by atoms with van der Waals surface area (Å²) in [6.45, 7) is 3.99. The van der Waals surface area contributed by atoms with Gasteiger partial charge in [0, 0.05) is 25.3 Å². The molecule has 2 aromatic rings. The molecule has 1 aliphatic heterocycles. The average molecular weight is 267 g/mol. The van der Waals surface area contributed by atoms with E-state index in [1.165, 1.54) is 17.5 Å². The predicted molar refractivity (Wildman–Crippen MR) is 82.7 cm³/mol. The van der Waals surface area contributed by atoms with E-state index in [1.54, 1.807) is 0 Å². The Morgan fingerprint density at radius 1 is 1.20 bits per heavy atom. The lowest BCUT2D eigenvalue weighted by Gasteiger charge is -2.23. The lowest BCUT2D eigenvalue weighted by Crippen LogP contribution is -2.24. The second kappa shape index (κ2) is 5.63. The molecular formula is C17H21N3. The summed E-state index contributed by atoms with van der Waals surface area (Å²) >= 11 is 0. The van der Waals surface area contributed by atoms with E-state index < -0.39 is 0 Å². The molecule has 1 atom stereocenters. The summed E-state index contributed by atoms with van der Waals surface area (Å²) in [6.07, 6.45) is 4.19. The van der Waals surface area contributed by atoms with E-state index in [9.17, 15) is 0 Å². The SMILES string of the molecule is C[C@H](N)c1ccnc(N2CCCc3ccccc3C2)c1. The Morgan fingerprint density at radius 3 is 2.80 bits per heavy atom. The van der Waals surface area contributed by atoms with Crippen molar-refractivity contribution in [3.8, 4) is 0 Å². The van der Waals surface area contributed by atoms with E-state index in [-0.39, 0.29) is 6.04 Å². The maximum atomic E-state index is 5.97. The van der Waals surface area contributed by atoms with Crippen molar-refractivity contribution < 1.29 is 0 Å². The van der Waals surface area contributed by atoms with Gasteiger partial charge in [-0.05, 0) is 48.6 Å². The molecule has 1 aromatic heterocycles. The van der Waals surface area contributed by atoms with Crippen molar-refractivity contribution in [2.45, 2.75) is 32.4 Å². The topological polar surface area (TPSA) is 42.1 Å². The lowest BCUT2D eigenvalue weighted by molar-refractivity contribution is 0.749. The summed E-state index contributed by atoms with van der Waals surface area (Å²) in [5.41, 5.74) is 10.0. The van der Waals surface area contributed by atoms with Gasteiger partial charge in [0.2, 0.25) is 0 Å². The fourth-order valence-corrected chi connectivity index (χ4v) is 2.79. The van der Waals surface area contributed by atoms with E-state index in [2.05, 4.69) is 40.2 Å². The van der Waals surface area contributed by atoms with Gasteiger partial charge < -0.3 is 10.6 Å². The molecule has 3 rings (SSSR count). The normalized spacial score (nSPS) is 16.4. The van der Waals surface area contributed by atoms with E-state index in [4.69, 9.17) is 5.73 Å². The van der Waals surface area contributed by atoms with Gasteiger partial charge in [-0.1, -0.05) is 24.3 Å². The van der Waals surface area contributed by atoms with E-state index in [1.807, 2.05) is 19.2 Å². The number of nitrogens with two attached hydrogens (primary N) is 1. The zero-order valence-electron chi connectivity index (χ0n) is 11.9. The fourth-order valence-electron chi connectivity index (χ4n) is 2.79. The van der Waals surface area contributed by atoms with Gasteiger partial charge in [-0.25, -0.2) is 4.98 Å². The van der Waals surface area contributed by atoms with Crippen LogP contribution in [0.25, 0.3) is 0 Å². The predicted octanol–water partition coefficient (Wildman–Crippen LogP) is 3.05. The third-order valence-electron chi connectivity index (χ3n) is 3.97. The first kappa shape index (κ1) is 13.1. The van der Waals surface area contributed by atoms with Crippen LogP contribution in [0.15, 0.2) is 42.6 Å². The highest BCUT2D eigenvalue weighted by atomic mass is 15.2. The van der Waals surface area contributed by atoms with Crippen LogP contribution in [0, 0.1) is 0 Å². The van der Waals surface area contributed by atoms with Gasteiger partial charge >= 0.3 is 0 Å². The van der Waals surface area contributed by atoms with E-state index in [0.717, 1.165) is 30.9 Å². The molecule has 0 radical (unpaired) electrons. The minimum absolute atomic E-state index is 0.0519. The van der Waals surface area contributed by atoms with Crippen molar-refractivity contribution in [2.24, 2.45) is 5.73 Å². The lowest BCUT2D eigenvalue weighted by atomic mass is 10.0. The minimum Gasteiger partial charge on any atom is -0.352 e. The van der Waals surface area contributed by atoms with Crippen LogP contribution in [0.3, 0.4) is 0 Å². The van der Waals surface area contributed by atoms with Crippen molar-refractivity contribution in [3.63, 3.8) is 0 Å². The number of hydrogen-bond donors (Lipinski definition) is 1. The molecule has 2 N–H and O–H groups in total. The molecular weight excluding hydrogens is 246 g/mol. The number of fused-ring (bicyclic) bond motifs is 1. The molecule has 1 aliphatic rings. The zero-order valence-corrected chi connectivity index (χ0v) is 11.9. The molecule has 0 unspecified atom stereocenters. The number of pyridine rings is 1.